The number of hydrogen-bond acceptors (Lipinski definition) is 3. The highest BCUT2D eigenvalue weighted by atomic mass is 127. The van der Waals surface area contributed by atoms with E-state index in [-0.39, 0.29) is 42.4 Å². The van der Waals surface area contributed by atoms with E-state index in [1.165, 1.54) is 6.07 Å². The molecule has 1 unspecified atom stereocenters. The second kappa shape index (κ2) is 11.7. The maximum atomic E-state index is 13.7. The van der Waals surface area contributed by atoms with E-state index >= 15 is 0 Å². The van der Waals surface area contributed by atoms with Crippen molar-refractivity contribution in [3.05, 3.63) is 59.2 Å². The van der Waals surface area contributed by atoms with Crippen LogP contribution in [0.15, 0.2) is 41.5 Å². The molecule has 0 amide bonds. The van der Waals surface area contributed by atoms with Crippen LogP contribution in [-0.2, 0) is 13.1 Å². The topological polar surface area (TPSA) is 58.5 Å². The first-order valence-electron chi connectivity index (χ1n) is 8.83. The van der Waals surface area contributed by atoms with Crippen LogP contribution in [0, 0.1) is 12.7 Å². The first-order chi connectivity index (χ1) is 12.5. The Bertz CT molecular complexity index is 755. The molecule has 27 heavy (non-hydrogen) atoms. The number of rotatable bonds is 7. The largest absolute Gasteiger partial charge is 0.490 e. The molecule has 0 bridgehead atoms. The lowest BCUT2D eigenvalue weighted by Crippen LogP contribution is -2.36. The summed E-state index contributed by atoms with van der Waals surface area (Å²) in [6.07, 6.45) is 2.67. The molecule has 2 aromatic rings. The highest BCUT2D eigenvalue weighted by molar-refractivity contribution is 14.0. The van der Waals surface area contributed by atoms with Crippen LogP contribution in [0.1, 0.15) is 37.1 Å². The number of ether oxygens (including phenoxy) is 1. The minimum absolute atomic E-state index is 0. The van der Waals surface area contributed by atoms with Gasteiger partial charge in [0.25, 0.3) is 0 Å². The molecule has 0 aliphatic heterocycles. The summed E-state index contributed by atoms with van der Waals surface area (Å²) in [5.41, 5.74) is 2.55. The molecule has 0 saturated heterocycles. The van der Waals surface area contributed by atoms with Crippen LogP contribution >= 0.6 is 24.0 Å². The smallest absolute Gasteiger partial charge is 0.191 e. The number of halogens is 2. The Morgan fingerprint density at radius 2 is 2.00 bits per heavy atom. The third-order valence-electron chi connectivity index (χ3n) is 4.05. The Hall–Kier alpha value is -1.90. The summed E-state index contributed by atoms with van der Waals surface area (Å²) >= 11 is 0. The maximum absolute atomic E-state index is 13.7. The molecule has 1 atom stereocenters. The second-order valence-corrected chi connectivity index (χ2v) is 6.16. The molecule has 0 spiro atoms. The average Bonchev–Trinajstić information content (AvgIpc) is 2.64. The lowest BCUT2D eigenvalue weighted by molar-refractivity contribution is 0.215. The van der Waals surface area contributed by atoms with Crippen molar-refractivity contribution in [3.63, 3.8) is 0 Å². The van der Waals surface area contributed by atoms with Crippen LogP contribution < -0.4 is 15.4 Å². The standard InChI is InChI=1S/C20H27FN4O.HI/c1-5-15(3)26-19-11-14(2)8-9-16(19)12-24-20(22-4)25-13-18-17(21)7-6-10-23-18;/h6-11,15H,5,12-13H2,1-4H3,(H2,22,24,25);1H. The van der Waals surface area contributed by atoms with Crippen molar-refractivity contribution in [1.29, 1.82) is 0 Å². The molecule has 2 N–H and O–H groups in total. The zero-order chi connectivity index (χ0) is 18.9. The molecule has 1 aromatic carbocycles. The zero-order valence-corrected chi connectivity index (χ0v) is 18.6. The van der Waals surface area contributed by atoms with Crippen LogP contribution in [0.2, 0.25) is 0 Å². The minimum atomic E-state index is -0.335. The lowest BCUT2D eigenvalue weighted by Gasteiger charge is -2.18. The van der Waals surface area contributed by atoms with Crippen LogP contribution in [-0.4, -0.2) is 24.1 Å². The number of hydrogen-bond donors (Lipinski definition) is 2. The van der Waals surface area contributed by atoms with Crippen molar-refractivity contribution in [2.24, 2.45) is 4.99 Å². The van der Waals surface area contributed by atoms with E-state index in [0.29, 0.717) is 18.2 Å². The number of aliphatic imine (C=N–C) groups is 1. The summed E-state index contributed by atoms with van der Waals surface area (Å²) in [6.45, 7) is 7.01. The minimum Gasteiger partial charge on any atom is -0.490 e. The fraction of sp³-hybridized carbons (Fsp3) is 0.400. The Labute approximate surface area is 177 Å². The van der Waals surface area contributed by atoms with Gasteiger partial charge < -0.3 is 15.4 Å². The van der Waals surface area contributed by atoms with Gasteiger partial charge in [0.15, 0.2) is 5.96 Å². The Morgan fingerprint density at radius 1 is 1.26 bits per heavy atom. The first kappa shape index (κ1) is 23.1. The van der Waals surface area contributed by atoms with E-state index in [1.54, 1.807) is 19.3 Å². The fourth-order valence-electron chi connectivity index (χ4n) is 2.33. The fourth-order valence-corrected chi connectivity index (χ4v) is 2.33. The molecule has 2 rings (SSSR count). The highest BCUT2D eigenvalue weighted by Crippen LogP contribution is 2.22. The van der Waals surface area contributed by atoms with Gasteiger partial charge in [-0.05, 0) is 44.0 Å². The van der Waals surface area contributed by atoms with E-state index < -0.39 is 0 Å². The van der Waals surface area contributed by atoms with Gasteiger partial charge in [0, 0.05) is 25.4 Å². The van der Waals surface area contributed by atoms with Crippen LogP contribution in [0.4, 0.5) is 4.39 Å². The Kier molecular flexibility index (Phi) is 10.1. The van der Waals surface area contributed by atoms with E-state index in [2.05, 4.69) is 40.5 Å². The summed E-state index contributed by atoms with van der Waals surface area (Å²) in [6, 6.07) is 9.11. The second-order valence-electron chi connectivity index (χ2n) is 6.16. The van der Waals surface area contributed by atoms with Gasteiger partial charge in [0.2, 0.25) is 0 Å². The highest BCUT2D eigenvalue weighted by Gasteiger charge is 2.09. The normalized spacial score (nSPS) is 12.1. The summed E-state index contributed by atoms with van der Waals surface area (Å²) in [7, 11) is 1.68. The summed E-state index contributed by atoms with van der Waals surface area (Å²) in [4.78, 5) is 8.20. The van der Waals surface area contributed by atoms with Gasteiger partial charge in [-0.25, -0.2) is 4.39 Å². The van der Waals surface area contributed by atoms with E-state index in [4.69, 9.17) is 4.74 Å². The van der Waals surface area contributed by atoms with Crippen LogP contribution in [0.25, 0.3) is 0 Å². The van der Waals surface area contributed by atoms with Gasteiger partial charge >= 0.3 is 0 Å². The molecule has 0 saturated carbocycles. The molecule has 5 nitrogen and oxygen atoms in total. The van der Waals surface area contributed by atoms with Crippen molar-refractivity contribution in [3.8, 4) is 5.75 Å². The predicted molar refractivity (Wildman–Crippen MR) is 118 cm³/mol. The van der Waals surface area contributed by atoms with Gasteiger partial charge in [-0.15, -0.1) is 24.0 Å². The van der Waals surface area contributed by atoms with Gasteiger partial charge in [-0.3, -0.25) is 9.98 Å². The van der Waals surface area contributed by atoms with E-state index in [0.717, 1.165) is 23.3 Å². The molecule has 0 aliphatic carbocycles. The maximum Gasteiger partial charge on any atom is 0.191 e. The van der Waals surface area contributed by atoms with Crippen molar-refractivity contribution in [1.82, 2.24) is 15.6 Å². The van der Waals surface area contributed by atoms with Crippen molar-refractivity contribution >= 4 is 29.9 Å². The summed E-state index contributed by atoms with van der Waals surface area (Å²) < 4.78 is 19.7. The molecule has 148 valence electrons. The van der Waals surface area contributed by atoms with Crippen molar-refractivity contribution in [2.45, 2.75) is 46.4 Å². The number of guanidine groups is 1. The molecule has 7 heteroatoms. The van der Waals surface area contributed by atoms with Crippen LogP contribution in [0.3, 0.4) is 0 Å². The van der Waals surface area contributed by atoms with Gasteiger partial charge in [-0.2, -0.15) is 0 Å². The first-order valence-corrected chi connectivity index (χ1v) is 8.83. The SMILES string of the molecule is CCC(C)Oc1cc(C)ccc1CNC(=NC)NCc1ncccc1F.I. The number of nitrogens with zero attached hydrogens (tertiary/aromatic N) is 2. The molecule has 0 radical (unpaired) electrons. The molecule has 0 aliphatic rings. The van der Waals surface area contributed by atoms with Gasteiger partial charge in [0.1, 0.15) is 11.6 Å². The predicted octanol–water partition coefficient (Wildman–Crippen LogP) is 4.19. The van der Waals surface area contributed by atoms with Gasteiger partial charge in [0.05, 0.1) is 18.3 Å². The Morgan fingerprint density at radius 3 is 2.67 bits per heavy atom. The quantitative estimate of drug-likeness (QED) is 0.350. The Balaban J connectivity index is 0.00000364. The number of aryl methyl sites for hydroxylation is 1. The monoisotopic (exact) mass is 486 g/mol. The van der Waals surface area contributed by atoms with E-state index in [1.807, 2.05) is 19.1 Å². The average molecular weight is 486 g/mol. The zero-order valence-electron chi connectivity index (χ0n) is 16.3. The molecule has 1 heterocycles. The third-order valence-corrected chi connectivity index (χ3v) is 4.05. The lowest BCUT2D eigenvalue weighted by atomic mass is 10.1. The number of nitrogens with one attached hydrogen (secondary N) is 2. The summed E-state index contributed by atoms with van der Waals surface area (Å²) in [5, 5.41) is 6.31. The third kappa shape index (κ3) is 7.32. The number of pyridine rings is 1. The van der Waals surface area contributed by atoms with Gasteiger partial charge in [-0.1, -0.05) is 19.1 Å². The number of aromatic nitrogens is 1. The molecular formula is C20H28FIN4O. The van der Waals surface area contributed by atoms with E-state index in [9.17, 15) is 4.39 Å². The summed E-state index contributed by atoms with van der Waals surface area (Å²) in [5.74, 6) is 1.11. The van der Waals surface area contributed by atoms with Crippen molar-refractivity contribution < 1.29 is 9.13 Å². The van der Waals surface area contributed by atoms with Crippen molar-refractivity contribution in [2.75, 3.05) is 7.05 Å². The molecular weight excluding hydrogens is 458 g/mol. The molecule has 0 fully saturated rings. The molecule has 1 aromatic heterocycles. The van der Waals surface area contributed by atoms with Crippen LogP contribution in [0.5, 0.6) is 5.75 Å². The number of benzene rings is 1.